The molecule has 0 bridgehead atoms. The second-order valence-corrected chi connectivity index (χ2v) is 3.49. The van der Waals surface area contributed by atoms with Crippen molar-refractivity contribution in [2.24, 2.45) is 0 Å². The standard InChI is InChI=1S/C10H12N2O/c11-10-9(6-13)4-8(5-12-10)7-2-1-3-7/h4-7H,1-3H2,(H2,11,12). The van der Waals surface area contributed by atoms with Crippen LogP contribution in [0.2, 0.25) is 0 Å². The van der Waals surface area contributed by atoms with Crippen LogP contribution in [0.1, 0.15) is 41.1 Å². The van der Waals surface area contributed by atoms with Gasteiger partial charge in [-0.1, -0.05) is 6.42 Å². The van der Waals surface area contributed by atoms with Gasteiger partial charge in [-0.3, -0.25) is 4.79 Å². The van der Waals surface area contributed by atoms with Crippen LogP contribution in [-0.2, 0) is 0 Å². The highest BCUT2D eigenvalue weighted by molar-refractivity contribution is 5.81. The highest BCUT2D eigenvalue weighted by Crippen LogP contribution is 2.36. The number of pyridine rings is 1. The van der Waals surface area contributed by atoms with E-state index >= 15 is 0 Å². The minimum Gasteiger partial charge on any atom is -0.383 e. The number of nitrogens with zero attached hydrogens (tertiary/aromatic N) is 1. The second kappa shape index (κ2) is 3.17. The fraction of sp³-hybridized carbons (Fsp3) is 0.400. The molecule has 2 N–H and O–H groups in total. The summed E-state index contributed by atoms with van der Waals surface area (Å²) in [6, 6.07) is 1.86. The Balaban J connectivity index is 2.31. The van der Waals surface area contributed by atoms with Gasteiger partial charge in [0.05, 0.1) is 5.56 Å². The van der Waals surface area contributed by atoms with Crippen LogP contribution in [0.25, 0.3) is 0 Å². The van der Waals surface area contributed by atoms with Gasteiger partial charge in [0.25, 0.3) is 0 Å². The number of aldehydes is 1. The lowest BCUT2D eigenvalue weighted by atomic mass is 9.80. The highest BCUT2D eigenvalue weighted by Gasteiger charge is 2.20. The molecule has 1 heterocycles. The minimum atomic E-state index is 0.332. The van der Waals surface area contributed by atoms with E-state index in [1.165, 1.54) is 19.3 Å². The number of carbonyl (C=O) groups is 1. The number of anilines is 1. The Hall–Kier alpha value is -1.38. The molecular formula is C10H12N2O. The van der Waals surface area contributed by atoms with Gasteiger partial charge < -0.3 is 5.73 Å². The Labute approximate surface area is 77.0 Å². The Morgan fingerprint density at radius 2 is 2.31 bits per heavy atom. The molecule has 3 nitrogen and oxygen atoms in total. The van der Waals surface area contributed by atoms with Gasteiger partial charge in [0.1, 0.15) is 5.82 Å². The largest absolute Gasteiger partial charge is 0.383 e. The first kappa shape index (κ1) is 8.23. The number of nitrogens with two attached hydrogens (primary N) is 1. The van der Waals surface area contributed by atoms with E-state index in [4.69, 9.17) is 5.73 Å². The van der Waals surface area contributed by atoms with Gasteiger partial charge in [0.15, 0.2) is 6.29 Å². The van der Waals surface area contributed by atoms with E-state index < -0.39 is 0 Å². The number of nitrogen functional groups attached to an aromatic ring is 1. The first-order valence-electron chi connectivity index (χ1n) is 4.52. The molecule has 0 amide bonds. The van der Waals surface area contributed by atoms with Crippen molar-refractivity contribution in [3.05, 3.63) is 23.4 Å². The zero-order valence-corrected chi connectivity index (χ0v) is 7.36. The maximum absolute atomic E-state index is 10.6. The lowest BCUT2D eigenvalue weighted by molar-refractivity contribution is 0.112. The average Bonchev–Trinajstić information content (AvgIpc) is 2.05. The molecular weight excluding hydrogens is 164 g/mol. The van der Waals surface area contributed by atoms with Crippen LogP contribution in [0.3, 0.4) is 0 Å². The van der Waals surface area contributed by atoms with Crippen molar-refractivity contribution in [2.75, 3.05) is 5.73 Å². The number of hydrogen-bond acceptors (Lipinski definition) is 3. The third-order valence-corrected chi connectivity index (χ3v) is 2.67. The molecule has 1 fully saturated rings. The van der Waals surface area contributed by atoms with Crippen molar-refractivity contribution in [3.63, 3.8) is 0 Å². The second-order valence-electron chi connectivity index (χ2n) is 3.49. The zero-order chi connectivity index (χ0) is 9.26. The van der Waals surface area contributed by atoms with Crippen molar-refractivity contribution in [1.29, 1.82) is 0 Å². The topological polar surface area (TPSA) is 56.0 Å². The van der Waals surface area contributed by atoms with E-state index in [0.29, 0.717) is 17.3 Å². The summed E-state index contributed by atoms with van der Waals surface area (Å²) < 4.78 is 0. The van der Waals surface area contributed by atoms with Crippen LogP contribution >= 0.6 is 0 Å². The van der Waals surface area contributed by atoms with Gasteiger partial charge in [-0.05, 0) is 30.4 Å². The molecule has 1 aromatic rings. The molecule has 0 aliphatic heterocycles. The molecule has 1 saturated carbocycles. The highest BCUT2D eigenvalue weighted by atomic mass is 16.1. The van der Waals surface area contributed by atoms with E-state index in [1.807, 2.05) is 6.07 Å². The molecule has 1 aliphatic carbocycles. The van der Waals surface area contributed by atoms with E-state index in [-0.39, 0.29) is 0 Å². The minimum absolute atomic E-state index is 0.332. The fourth-order valence-electron chi connectivity index (χ4n) is 1.57. The zero-order valence-electron chi connectivity index (χ0n) is 7.36. The first-order chi connectivity index (χ1) is 6.31. The lowest BCUT2D eigenvalue weighted by Crippen LogP contribution is -2.10. The Kier molecular flexibility index (Phi) is 2.00. The number of rotatable bonds is 2. The van der Waals surface area contributed by atoms with Crippen molar-refractivity contribution in [3.8, 4) is 0 Å². The van der Waals surface area contributed by atoms with E-state index in [2.05, 4.69) is 4.98 Å². The number of hydrogen-bond donors (Lipinski definition) is 1. The monoisotopic (exact) mass is 176 g/mol. The molecule has 0 saturated heterocycles. The normalized spacial score (nSPS) is 16.6. The summed E-state index contributed by atoms with van der Waals surface area (Å²) in [7, 11) is 0. The molecule has 13 heavy (non-hydrogen) atoms. The molecule has 1 aliphatic rings. The molecule has 3 heteroatoms. The number of carbonyl (C=O) groups excluding carboxylic acids is 1. The Bertz CT molecular complexity index is 332. The van der Waals surface area contributed by atoms with Crippen molar-refractivity contribution in [2.45, 2.75) is 25.2 Å². The van der Waals surface area contributed by atoms with Crippen molar-refractivity contribution in [1.82, 2.24) is 4.98 Å². The fourth-order valence-corrected chi connectivity index (χ4v) is 1.57. The summed E-state index contributed by atoms with van der Waals surface area (Å²) in [6.45, 7) is 0. The molecule has 0 radical (unpaired) electrons. The third kappa shape index (κ3) is 1.41. The van der Waals surface area contributed by atoms with Crippen LogP contribution in [0, 0.1) is 0 Å². The van der Waals surface area contributed by atoms with Crippen LogP contribution < -0.4 is 5.73 Å². The summed E-state index contributed by atoms with van der Waals surface area (Å²) >= 11 is 0. The van der Waals surface area contributed by atoms with Crippen molar-refractivity contribution < 1.29 is 4.79 Å². The molecule has 0 aromatic carbocycles. The summed E-state index contributed by atoms with van der Waals surface area (Å²) in [4.78, 5) is 14.6. The Morgan fingerprint density at radius 3 is 2.85 bits per heavy atom. The van der Waals surface area contributed by atoms with Gasteiger partial charge in [-0.15, -0.1) is 0 Å². The average molecular weight is 176 g/mol. The summed E-state index contributed by atoms with van der Waals surface area (Å²) in [5, 5.41) is 0. The van der Waals surface area contributed by atoms with Gasteiger partial charge >= 0.3 is 0 Å². The maximum Gasteiger partial charge on any atom is 0.153 e. The predicted molar refractivity (Wildman–Crippen MR) is 50.6 cm³/mol. The molecule has 0 spiro atoms. The molecule has 0 atom stereocenters. The van der Waals surface area contributed by atoms with Crippen molar-refractivity contribution >= 4 is 12.1 Å². The van der Waals surface area contributed by atoms with Crippen LogP contribution in [-0.4, -0.2) is 11.3 Å². The van der Waals surface area contributed by atoms with E-state index in [0.717, 1.165) is 11.8 Å². The quantitative estimate of drug-likeness (QED) is 0.698. The van der Waals surface area contributed by atoms with Crippen LogP contribution in [0.5, 0.6) is 0 Å². The summed E-state index contributed by atoms with van der Waals surface area (Å²) in [5.41, 5.74) is 7.19. The van der Waals surface area contributed by atoms with Gasteiger partial charge in [-0.25, -0.2) is 4.98 Å². The SMILES string of the molecule is Nc1ncc(C2CCC2)cc1C=O. The third-order valence-electron chi connectivity index (χ3n) is 2.67. The van der Waals surface area contributed by atoms with E-state index in [1.54, 1.807) is 6.20 Å². The molecule has 0 unspecified atom stereocenters. The van der Waals surface area contributed by atoms with Gasteiger partial charge in [0.2, 0.25) is 0 Å². The molecule has 2 rings (SSSR count). The Morgan fingerprint density at radius 1 is 1.54 bits per heavy atom. The summed E-state index contributed by atoms with van der Waals surface area (Å²) in [6.07, 6.45) is 6.26. The maximum atomic E-state index is 10.6. The predicted octanol–water partition coefficient (Wildman–Crippen LogP) is 1.74. The first-order valence-corrected chi connectivity index (χ1v) is 4.52. The molecule has 68 valence electrons. The molecule has 1 aromatic heterocycles. The van der Waals surface area contributed by atoms with Crippen LogP contribution in [0.15, 0.2) is 12.3 Å². The van der Waals surface area contributed by atoms with Gasteiger partial charge in [0, 0.05) is 6.20 Å². The summed E-state index contributed by atoms with van der Waals surface area (Å²) in [5.74, 6) is 0.935. The lowest BCUT2D eigenvalue weighted by Gasteiger charge is -2.25. The smallest absolute Gasteiger partial charge is 0.153 e. The van der Waals surface area contributed by atoms with E-state index in [9.17, 15) is 4.79 Å². The van der Waals surface area contributed by atoms with Gasteiger partial charge in [-0.2, -0.15) is 0 Å². The van der Waals surface area contributed by atoms with Crippen LogP contribution in [0.4, 0.5) is 5.82 Å². The number of aromatic nitrogens is 1.